The summed E-state index contributed by atoms with van der Waals surface area (Å²) < 4.78 is 4.60. The normalized spacial score (nSPS) is 12.1. The summed E-state index contributed by atoms with van der Waals surface area (Å²) in [6.45, 7) is 5.18. The number of rotatable bonds is 12. The number of ether oxygens (including phenoxy) is 1. The van der Waals surface area contributed by atoms with Gasteiger partial charge in [0.1, 0.15) is 6.04 Å². The predicted octanol–water partition coefficient (Wildman–Crippen LogP) is -1.56. The number of carbonyl (C=O) groups excluding carboxylic acids is 5. The molecule has 2 atom stereocenters. The Balaban J connectivity index is 3.99. The van der Waals surface area contributed by atoms with Crippen molar-refractivity contribution >= 4 is 35.6 Å². The largest absolute Gasteiger partial charge is 0.479 e. The average molecular weight is 430 g/mol. The van der Waals surface area contributed by atoms with E-state index in [0.29, 0.717) is 19.4 Å². The zero-order valence-corrected chi connectivity index (χ0v) is 17.4. The van der Waals surface area contributed by atoms with E-state index < -0.39 is 47.7 Å². The van der Waals surface area contributed by atoms with Gasteiger partial charge in [-0.2, -0.15) is 0 Å². The van der Waals surface area contributed by atoms with Crippen LogP contribution in [0.15, 0.2) is 0 Å². The van der Waals surface area contributed by atoms with Gasteiger partial charge in [-0.1, -0.05) is 13.3 Å². The Morgan fingerprint density at radius 2 is 1.20 bits per heavy atom. The van der Waals surface area contributed by atoms with Gasteiger partial charge in [0.05, 0.1) is 0 Å². The standard InChI is InChI=1S/C18H30N4O8/c1-4-5-8-19-13(23)14(24)20-9-6-7-10-21-15(25)16(26)22-11(2)18(29)30-12(3)17(27)28/h11-12H,4-10H2,1-3H3,(H,19,23)(H,20,24)(H,21,25)(H,22,26)(H,27,28). The minimum absolute atomic E-state index is 0.139. The Bertz CT molecular complexity index is 638. The summed E-state index contributed by atoms with van der Waals surface area (Å²) in [6, 6.07) is -1.20. The molecule has 0 heterocycles. The first-order chi connectivity index (χ1) is 14.1. The number of nitrogens with one attached hydrogen (secondary N) is 4. The highest BCUT2D eigenvalue weighted by atomic mass is 16.6. The summed E-state index contributed by atoms with van der Waals surface area (Å²) in [5.41, 5.74) is 0. The van der Waals surface area contributed by atoms with Crippen molar-refractivity contribution in [2.75, 3.05) is 19.6 Å². The van der Waals surface area contributed by atoms with Gasteiger partial charge in [-0.25, -0.2) is 9.59 Å². The van der Waals surface area contributed by atoms with Gasteiger partial charge in [0.15, 0.2) is 6.10 Å². The predicted molar refractivity (Wildman–Crippen MR) is 104 cm³/mol. The number of carboxylic acid groups (broad SMARTS) is 1. The van der Waals surface area contributed by atoms with Gasteiger partial charge in [0.2, 0.25) is 0 Å². The zero-order valence-electron chi connectivity index (χ0n) is 17.4. The van der Waals surface area contributed by atoms with Crippen molar-refractivity contribution in [3.05, 3.63) is 0 Å². The SMILES string of the molecule is CCCCNC(=O)C(=O)NCCCCNC(=O)C(=O)NC(C)C(=O)OC(C)C(=O)O. The molecule has 2 unspecified atom stereocenters. The van der Waals surface area contributed by atoms with Crippen LogP contribution < -0.4 is 21.3 Å². The first-order valence-corrected chi connectivity index (χ1v) is 9.68. The molecule has 0 aromatic rings. The van der Waals surface area contributed by atoms with Crippen LogP contribution in [0.2, 0.25) is 0 Å². The van der Waals surface area contributed by atoms with Gasteiger partial charge in [-0.05, 0) is 33.1 Å². The van der Waals surface area contributed by atoms with E-state index in [-0.39, 0.29) is 13.1 Å². The molecule has 0 aliphatic carbocycles. The van der Waals surface area contributed by atoms with E-state index in [2.05, 4.69) is 26.0 Å². The summed E-state index contributed by atoms with van der Waals surface area (Å²) in [7, 11) is 0. The molecule has 170 valence electrons. The molecule has 0 aromatic heterocycles. The molecule has 0 aromatic carbocycles. The van der Waals surface area contributed by atoms with Gasteiger partial charge < -0.3 is 31.1 Å². The molecule has 0 saturated heterocycles. The van der Waals surface area contributed by atoms with Crippen LogP contribution in [0.3, 0.4) is 0 Å². The summed E-state index contributed by atoms with van der Waals surface area (Å²) >= 11 is 0. The third-order valence-electron chi connectivity index (χ3n) is 3.74. The molecule has 0 aliphatic heterocycles. The molecule has 4 amide bonds. The second-order valence-electron chi connectivity index (χ2n) is 6.44. The van der Waals surface area contributed by atoms with Gasteiger partial charge in [-0.3, -0.25) is 19.2 Å². The van der Waals surface area contributed by atoms with Crippen LogP contribution in [0.25, 0.3) is 0 Å². The monoisotopic (exact) mass is 430 g/mol. The molecule has 30 heavy (non-hydrogen) atoms. The molecule has 0 saturated carbocycles. The van der Waals surface area contributed by atoms with Crippen molar-refractivity contribution in [1.29, 1.82) is 0 Å². The number of hydrogen-bond acceptors (Lipinski definition) is 7. The average Bonchev–Trinajstić information content (AvgIpc) is 2.69. The van der Waals surface area contributed by atoms with Crippen molar-refractivity contribution in [3.63, 3.8) is 0 Å². The number of hydrogen-bond donors (Lipinski definition) is 5. The van der Waals surface area contributed by atoms with E-state index in [9.17, 15) is 28.8 Å². The van der Waals surface area contributed by atoms with Crippen LogP contribution >= 0.6 is 0 Å². The van der Waals surface area contributed by atoms with Crippen LogP contribution in [-0.2, 0) is 33.5 Å². The van der Waals surface area contributed by atoms with Crippen molar-refractivity contribution in [2.24, 2.45) is 0 Å². The molecule has 0 fully saturated rings. The molecular formula is C18H30N4O8. The minimum atomic E-state index is -1.38. The third kappa shape index (κ3) is 11.6. The van der Waals surface area contributed by atoms with Gasteiger partial charge >= 0.3 is 35.6 Å². The van der Waals surface area contributed by atoms with Crippen LogP contribution in [0, 0.1) is 0 Å². The number of carbonyl (C=O) groups is 6. The van der Waals surface area contributed by atoms with Gasteiger partial charge in [0.25, 0.3) is 0 Å². The summed E-state index contributed by atoms with van der Waals surface area (Å²) in [5.74, 6) is -5.79. The fourth-order valence-corrected chi connectivity index (χ4v) is 1.92. The first kappa shape index (κ1) is 26.8. The lowest BCUT2D eigenvalue weighted by atomic mass is 10.3. The van der Waals surface area contributed by atoms with Crippen LogP contribution in [0.5, 0.6) is 0 Å². The van der Waals surface area contributed by atoms with E-state index in [1.54, 1.807) is 0 Å². The number of unbranched alkanes of at least 4 members (excludes halogenated alkanes) is 2. The summed E-state index contributed by atoms with van der Waals surface area (Å²) in [4.78, 5) is 68.6. The topological polar surface area (TPSA) is 180 Å². The molecule has 0 rings (SSSR count). The highest BCUT2D eigenvalue weighted by Crippen LogP contribution is 1.96. The van der Waals surface area contributed by atoms with E-state index in [1.165, 1.54) is 6.92 Å². The molecule has 0 aliphatic rings. The molecule has 0 bridgehead atoms. The van der Waals surface area contributed by atoms with E-state index in [1.807, 2.05) is 6.92 Å². The second-order valence-corrected chi connectivity index (χ2v) is 6.44. The highest BCUT2D eigenvalue weighted by molar-refractivity contribution is 6.35. The second kappa shape index (κ2) is 14.8. The summed E-state index contributed by atoms with van der Waals surface area (Å²) in [6.07, 6.45) is 1.20. The van der Waals surface area contributed by atoms with Crippen molar-refractivity contribution in [1.82, 2.24) is 21.3 Å². The molecular weight excluding hydrogens is 400 g/mol. The Kier molecular flexibility index (Phi) is 13.2. The molecule has 12 heteroatoms. The Morgan fingerprint density at radius 1 is 0.767 bits per heavy atom. The van der Waals surface area contributed by atoms with Crippen LogP contribution in [0.4, 0.5) is 0 Å². The fourth-order valence-electron chi connectivity index (χ4n) is 1.92. The number of aliphatic carboxylic acids is 1. The van der Waals surface area contributed by atoms with Crippen molar-refractivity contribution in [3.8, 4) is 0 Å². The minimum Gasteiger partial charge on any atom is -0.479 e. The van der Waals surface area contributed by atoms with Crippen LogP contribution in [-0.4, -0.2) is 72.5 Å². The lowest BCUT2D eigenvalue weighted by molar-refractivity contribution is -0.164. The fraction of sp³-hybridized carbons (Fsp3) is 0.667. The van der Waals surface area contributed by atoms with E-state index in [0.717, 1.165) is 19.8 Å². The summed E-state index contributed by atoms with van der Waals surface area (Å²) in [5, 5.41) is 18.1. The molecule has 0 radical (unpaired) electrons. The third-order valence-corrected chi connectivity index (χ3v) is 3.74. The highest BCUT2D eigenvalue weighted by Gasteiger charge is 2.24. The molecule has 12 nitrogen and oxygen atoms in total. The zero-order chi connectivity index (χ0) is 23.1. The number of esters is 1. The quantitative estimate of drug-likeness (QED) is 0.140. The van der Waals surface area contributed by atoms with E-state index >= 15 is 0 Å². The number of carboxylic acids is 1. The van der Waals surface area contributed by atoms with Crippen molar-refractivity contribution in [2.45, 2.75) is 58.6 Å². The van der Waals surface area contributed by atoms with Gasteiger partial charge in [0, 0.05) is 19.6 Å². The van der Waals surface area contributed by atoms with E-state index in [4.69, 9.17) is 5.11 Å². The Labute approximate surface area is 174 Å². The Morgan fingerprint density at radius 3 is 1.63 bits per heavy atom. The molecule has 5 N–H and O–H groups in total. The van der Waals surface area contributed by atoms with Crippen LogP contribution in [0.1, 0.15) is 46.5 Å². The maximum atomic E-state index is 11.7. The smallest absolute Gasteiger partial charge is 0.344 e. The maximum absolute atomic E-state index is 11.7. The Hall–Kier alpha value is -3.18. The maximum Gasteiger partial charge on any atom is 0.344 e. The lowest BCUT2D eigenvalue weighted by Gasteiger charge is -2.15. The lowest BCUT2D eigenvalue weighted by Crippen LogP contribution is -2.47. The number of amides is 4. The van der Waals surface area contributed by atoms with Crippen molar-refractivity contribution < 1.29 is 38.6 Å². The molecule has 0 spiro atoms. The van der Waals surface area contributed by atoms with Gasteiger partial charge in [-0.15, -0.1) is 0 Å². The first-order valence-electron chi connectivity index (χ1n) is 9.68.